The summed E-state index contributed by atoms with van der Waals surface area (Å²) < 4.78 is 14.6. The number of benzene rings is 2. The van der Waals surface area contributed by atoms with Gasteiger partial charge in [0.2, 0.25) is 0 Å². The van der Waals surface area contributed by atoms with Crippen molar-refractivity contribution in [2.75, 3.05) is 0 Å². The molecule has 0 spiro atoms. The summed E-state index contributed by atoms with van der Waals surface area (Å²) in [5.74, 6) is -0.403. The summed E-state index contributed by atoms with van der Waals surface area (Å²) in [6.07, 6.45) is 0. The van der Waals surface area contributed by atoms with Crippen molar-refractivity contribution in [1.29, 1.82) is 0 Å². The minimum absolute atomic E-state index is 0.306. The topological polar surface area (TPSA) is 50.7 Å². The second-order valence-corrected chi connectivity index (χ2v) is 4.81. The van der Waals surface area contributed by atoms with Crippen LogP contribution in [0.25, 0.3) is 27.6 Å². The predicted octanol–water partition coefficient (Wildman–Crippen LogP) is 3.01. The number of halogens is 1. The Hall–Kier alpha value is -2.95. The fourth-order valence-corrected chi connectivity index (χ4v) is 2.49. The van der Waals surface area contributed by atoms with Gasteiger partial charge in [-0.15, -0.1) is 0 Å². The molecule has 2 heterocycles. The third-order valence-electron chi connectivity index (χ3n) is 3.44. The van der Waals surface area contributed by atoms with Crippen molar-refractivity contribution in [3.63, 3.8) is 0 Å². The van der Waals surface area contributed by atoms with E-state index in [4.69, 9.17) is 0 Å². The summed E-state index contributed by atoms with van der Waals surface area (Å²) in [6, 6.07) is 15.0. The zero-order valence-corrected chi connectivity index (χ0v) is 10.9. The Balaban J connectivity index is 2.08. The van der Waals surface area contributed by atoms with Gasteiger partial charge in [-0.3, -0.25) is 4.79 Å². The van der Waals surface area contributed by atoms with Gasteiger partial charge in [0.25, 0.3) is 5.56 Å². The van der Waals surface area contributed by atoms with Crippen molar-refractivity contribution < 1.29 is 4.39 Å². The Morgan fingerprint density at radius 3 is 2.71 bits per heavy atom. The smallest absolute Gasteiger partial charge is 0.273 e. The molecule has 0 aliphatic heterocycles. The number of nitrogens with one attached hydrogen (secondary N) is 1. The van der Waals surface area contributed by atoms with E-state index in [1.165, 1.54) is 22.9 Å². The standard InChI is InChI=1S/C16H10FN3O/c17-10-4-3-5-11(8-10)20-15(21)9-14-16(19-20)12-6-1-2-7-13(12)18-14/h1-9,18H. The Morgan fingerprint density at radius 2 is 1.86 bits per heavy atom. The molecular weight excluding hydrogens is 269 g/mol. The van der Waals surface area contributed by atoms with E-state index in [0.717, 1.165) is 10.9 Å². The second-order valence-electron chi connectivity index (χ2n) is 4.81. The molecule has 0 amide bonds. The van der Waals surface area contributed by atoms with Crippen LogP contribution in [0.1, 0.15) is 0 Å². The first kappa shape index (κ1) is 11.8. The molecule has 0 unspecified atom stereocenters. The first-order valence-corrected chi connectivity index (χ1v) is 6.49. The number of rotatable bonds is 1. The minimum Gasteiger partial charge on any atom is -0.353 e. The summed E-state index contributed by atoms with van der Waals surface area (Å²) in [6.45, 7) is 0. The van der Waals surface area contributed by atoms with E-state index < -0.39 is 5.82 Å². The third kappa shape index (κ3) is 1.82. The number of para-hydroxylation sites is 1. The van der Waals surface area contributed by atoms with Crippen molar-refractivity contribution in [3.8, 4) is 5.69 Å². The lowest BCUT2D eigenvalue weighted by molar-refractivity contribution is 0.625. The zero-order valence-electron chi connectivity index (χ0n) is 10.9. The van der Waals surface area contributed by atoms with Gasteiger partial charge >= 0.3 is 0 Å². The first-order valence-electron chi connectivity index (χ1n) is 6.49. The van der Waals surface area contributed by atoms with Crippen LogP contribution in [0.5, 0.6) is 0 Å². The van der Waals surface area contributed by atoms with Gasteiger partial charge in [-0.1, -0.05) is 24.3 Å². The zero-order chi connectivity index (χ0) is 14.4. The molecule has 21 heavy (non-hydrogen) atoms. The number of hydrogen-bond acceptors (Lipinski definition) is 2. The monoisotopic (exact) mass is 279 g/mol. The Kier molecular flexibility index (Phi) is 2.41. The lowest BCUT2D eigenvalue weighted by atomic mass is 10.2. The van der Waals surface area contributed by atoms with Gasteiger partial charge in [-0.2, -0.15) is 9.78 Å². The Bertz CT molecular complexity index is 1030. The highest BCUT2D eigenvalue weighted by Gasteiger charge is 2.09. The van der Waals surface area contributed by atoms with E-state index in [1.807, 2.05) is 24.3 Å². The minimum atomic E-state index is -0.403. The largest absolute Gasteiger partial charge is 0.353 e. The number of aromatic nitrogens is 3. The average Bonchev–Trinajstić information content (AvgIpc) is 2.83. The normalized spacial score (nSPS) is 11.3. The molecule has 4 aromatic rings. The molecule has 0 bridgehead atoms. The molecule has 0 aliphatic rings. The van der Waals surface area contributed by atoms with Gasteiger partial charge in [0.1, 0.15) is 11.3 Å². The van der Waals surface area contributed by atoms with E-state index in [1.54, 1.807) is 12.1 Å². The summed E-state index contributed by atoms with van der Waals surface area (Å²) in [5, 5.41) is 5.31. The maximum Gasteiger partial charge on any atom is 0.273 e. The maximum atomic E-state index is 13.3. The number of aromatic amines is 1. The molecule has 5 heteroatoms. The molecule has 102 valence electrons. The molecule has 0 radical (unpaired) electrons. The number of hydrogen-bond donors (Lipinski definition) is 1. The van der Waals surface area contributed by atoms with E-state index in [9.17, 15) is 9.18 Å². The van der Waals surface area contributed by atoms with Crippen LogP contribution in [0.3, 0.4) is 0 Å². The van der Waals surface area contributed by atoms with E-state index in [2.05, 4.69) is 10.1 Å². The van der Waals surface area contributed by atoms with Crippen LogP contribution in [0, 0.1) is 5.82 Å². The van der Waals surface area contributed by atoms with E-state index in [0.29, 0.717) is 16.7 Å². The van der Waals surface area contributed by atoms with Gasteiger partial charge in [0, 0.05) is 17.0 Å². The van der Waals surface area contributed by atoms with Crippen LogP contribution in [0.2, 0.25) is 0 Å². The molecule has 0 saturated carbocycles. The fraction of sp³-hybridized carbons (Fsp3) is 0. The van der Waals surface area contributed by atoms with Crippen LogP contribution < -0.4 is 5.56 Å². The van der Waals surface area contributed by atoms with Gasteiger partial charge in [-0.25, -0.2) is 4.39 Å². The highest BCUT2D eigenvalue weighted by molar-refractivity contribution is 6.04. The highest BCUT2D eigenvalue weighted by atomic mass is 19.1. The average molecular weight is 279 g/mol. The molecular formula is C16H10FN3O. The van der Waals surface area contributed by atoms with Crippen molar-refractivity contribution in [2.45, 2.75) is 0 Å². The number of nitrogens with zero attached hydrogens (tertiary/aromatic N) is 2. The van der Waals surface area contributed by atoms with E-state index in [-0.39, 0.29) is 5.56 Å². The molecule has 4 nitrogen and oxygen atoms in total. The van der Waals surface area contributed by atoms with Crippen molar-refractivity contribution >= 4 is 21.9 Å². The highest BCUT2D eigenvalue weighted by Crippen LogP contribution is 2.22. The lowest BCUT2D eigenvalue weighted by Gasteiger charge is -2.04. The van der Waals surface area contributed by atoms with Crippen molar-refractivity contribution in [3.05, 3.63) is 70.8 Å². The summed E-state index contributed by atoms with van der Waals surface area (Å²) in [4.78, 5) is 15.3. The van der Waals surface area contributed by atoms with E-state index >= 15 is 0 Å². The van der Waals surface area contributed by atoms with Gasteiger partial charge in [0.05, 0.1) is 11.2 Å². The van der Waals surface area contributed by atoms with Crippen LogP contribution in [-0.2, 0) is 0 Å². The molecule has 2 aromatic heterocycles. The maximum absolute atomic E-state index is 13.3. The molecule has 0 fully saturated rings. The van der Waals surface area contributed by atoms with Crippen LogP contribution in [0.4, 0.5) is 4.39 Å². The molecule has 2 aromatic carbocycles. The predicted molar refractivity (Wildman–Crippen MR) is 79.2 cm³/mol. The third-order valence-corrected chi connectivity index (χ3v) is 3.44. The Morgan fingerprint density at radius 1 is 1.00 bits per heavy atom. The second kappa shape index (κ2) is 4.28. The quantitative estimate of drug-likeness (QED) is 0.582. The molecule has 0 atom stereocenters. The van der Waals surface area contributed by atoms with Gasteiger partial charge in [0.15, 0.2) is 0 Å². The molecule has 4 rings (SSSR count). The lowest BCUT2D eigenvalue weighted by Crippen LogP contribution is -2.19. The number of H-pyrrole nitrogens is 1. The SMILES string of the molecule is O=c1cc2[nH]c3ccccc3c2nn1-c1cccc(F)c1. The van der Waals surface area contributed by atoms with Crippen LogP contribution >= 0.6 is 0 Å². The summed E-state index contributed by atoms with van der Waals surface area (Å²) in [7, 11) is 0. The molecule has 0 saturated heterocycles. The van der Waals surface area contributed by atoms with Gasteiger partial charge in [-0.05, 0) is 24.3 Å². The van der Waals surface area contributed by atoms with Crippen LogP contribution in [0.15, 0.2) is 59.4 Å². The summed E-state index contributed by atoms with van der Waals surface area (Å²) in [5.41, 5.74) is 2.38. The first-order chi connectivity index (χ1) is 10.2. The van der Waals surface area contributed by atoms with Crippen LogP contribution in [-0.4, -0.2) is 14.8 Å². The van der Waals surface area contributed by atoms with Crippen molar-refractivity contribution in [2.24, 2.45) is 0 Å². The fourth-order valence-electron chi connectivity index (χ4n) is 2.49. The van der Waals surface area contributed by atoms with Gasteiger partial charge < -0.3 is 4.98 Å². The van der Waals surface area contributed by atoms with Crippen molar-refractivity contribution in [1.82, 2.24) is 14.8 Å². The Labute approximate surface area is 118 Å². The molecule has 1 N–H and O–H groups in total. The summed E-state index contributed by atoms with van der Waals surface area (Å²) >= 11 is 0. The number of fused-ring (bicyclic) bond motifs is 3. The molecule has 0 aliphatic carbocycles.